The molecule has 0 radical (unpaired) electrons. The standard InChI is InChI=1S/C15H15Cl2N3O/c1-8-13(18-2)19-14(9-3-4-9)20-15(8)21-10-5-6-11(16)12(17)7-10/h5-7,9H,3-4H2,1-2H3,(H,18,19,20). The lowest BCUT2D eigenvalue weighted by Gasteiger charge is -2.13. The van der Waals surface area contributed by atoms with E-state index in [4.69, 9.17) is 27.9 Å². The molecule has 1 saturated carbocycles. The molecule has 6 heteroatoms. The fourth-order valence-electron chi connectivity index (χ4n) is 2.03. The molecule has 0 spiro atoms. The molecule has 1 aliphatic carbocycles. The first-order valence-corrected chi connectivity index (χ1v) is 7.53. The summed E-state index contributed by atoms with van der Waals surface area (Å²) in [7, 11) is 1.84. The highest BCUT2D eigenvalue weighted by atomic mass is 35.5. The number of benzene rings is 1. The van der Waals surface area contributed by atoms with Crippen LogP contribution < -0.4 is 10.1 Å². The van der Waals surface area contributed by atoms with Gasteiger partial charge in [-0.1, -0.05) is 23.2 Å². The van der Waals surface area contributed by atoms with Crippen molar-refractivity contribution in [1.82, 2.24) is 9.97 Å². The number of anilines is 1. The number of aromatic nitrogens is 2. The average Bonchev–Trinajstić information content (AvgIpc) is 3.29. The fraction of sp³-hybridized carbons (Fsp3) is 0.333. The van der Waals surface area contributed by atoms with Gasteiger partial charge in [0.15, 0.2) is 0 Å². The Morgan fingerprint density at radius 1 is 1.19 bits per heavy atom. The lowest BCUT2D eigenvalue weighted by Crippen LogP contribution is -2.04. The number of halogens is 2. The molecular formula is C15H15Cl2N3O. The van der Waals surface area contributed by atoms with Gasteiger partial charge < -0.3 is 10.1 Å². The highest BCUT2D eigenvalue weighted by Gasteiger charge is 2.28. The highest BCUT2D eigenvalue weighted by molar-refractivity contribution is 6.42. The van der Waals surface area contributed by atoms with Crippen LogP contribution in [0.25, 0.3) is 0 Å². The zero-order valence-corrected chi connectivity index (χ0v) is 13.3. The van der Waals surface area contributed by atoms with Crippen LogP contribution in [-0.4, -0.2) is 17.0 Å². The minimum Gasteiger partial charge on any atom is -0.438 e. The maximum Gasteiger partial charge on any atom is 0.227 e. The highest BCUT2D eigenvalue weighted by Crippen LogP contribution is 2.40. The van der Waals surface area contributed by atoms with Gasteiger partial charge in [-0.15, -0.1) is 0 Å². The molecule has 0 atom stereocenters. The topological polar surface area (TPSA) is 47.0 Å². The molecule has 0 aliphatic heterocycles. The Hall–Kier alpha value is -1.52. The van der Waals surface area contributed by atoms with E-state index in [0.29, 0.717) is 27.6 Å². The summed E-state index contributed by atoms with van der Waals surface area (Å²) < 4.78 is 5.87. The summed E-state index contributed by atoms with van der Waals surface area (Å²) >= 11 is 11.9. The Morgan fingerprint density at radius 3 is 2.57 bits per heavy atom. The van der Waals surface area contributed by atoms with Gasteiger partial charge in [0, 0.05) is 19.0 Å². The van der Waals surface area contributed by atoms with Crippen molar-refractivity contribution in [3.63, 3.8) is 0 Å². The predicted octanol–water partition coefficient (Wildman–Crippen LogP) is 4.80. The van der Waals surface area contributed by atoms with Crippen LogP contribution in [0.2, 0.25) is 10.0 Å². The number of nitrogens with one attached hydrogen (secondary N) is 1. The SMILES string of the molecule is CNc1nc(C2CC2)nc(Oc2ccc(Cl)c(Cl)c2)c1C. The van der Waals surface area contributed by atoms with Crippen LogP contribution in [-0.2, 0) is 0 Å². The molecule has 0 amide bonds. The predicted molar refractivity (Wildman–Crippen MR) is 84.8 cm³/mol. The number of hydrogen-bond acceptors (Lipinski definition) is 4. The molecule has 4 nitrogen and oxygen atoms in total. The molecule has 3 rings (SSSR count). The van der Waals surface area contributed by atoms with E-state index in [-0.39, 0.29) is 0 Å². The molecule has 110 valence electrons. The minimum atomic E-state index is 0.453. The van der Waals surface area contributed by atoms with Gasteiger partial charge in [0.2, 0.25) is 5.88 Å². The second kappa shape index (κ2) is 5.70. The van der Waals surface area contributed by atoms with Crippen molar-refractivity contribution in [3.05, 3.63) is 39.6 Å². The molecule has 1 fully saturated rings. The Morgan fingerprint density at radius 2 is 1.95 bits per heavy atom. The molecule has 1 aromatic heterocycles. The van der Waals surface area contributed by atoms with Crippen molar-refractivity contribution in [1.29, 1.82) is 0 Å². The Kier molecular flexibility index (Phi) is 3.91. The van der Waals surface area contributed by atoms with Gasteiger partial charge in [-0.2, -0.15) is 4.98 Å². The van der Waals surface area contributed by atoms with Crippen molar-refractivity contribution in [2.75, 3.05) is 12.4 Å². The van der Waals surface area contributed by atoms with Crippen molar-refractivity contribution < 1.29 is 4.74 Å². The van der Waals surface area contributed by atoms with Gasteiger partial charge in [-0.05, 0) is 31.9 Å². The Balaban J connectivity index is 1.96. The summed E-state index contributed by atoms with van der Waals surface area (Å²) in [6.45, 7) is 1.93. The molecule has 21 heavy (non-hydrogen) atoms. The van der Waals surface area contributed by atoms with Crippen LogP contribution >= 0.6 is 23.2 Å². The summed E-state index contributed by atoms with van der Waals surface area (Å²) in [6, 6.07) is 5.16. The van der Waals surface area contributed by atoms with Crippen molar-refractivity contribution in [2.45, 2.75) is 25.7 Å². The molecule has 2 aromatic rings. The van der Waals surface area contributed by atoms with Crippen molar-refractivity contribution in [3.8, 4) is 11.6 Å². The van der Waals surface area contributed by atoms with Gasteiger partial charge >= 0.3 is 0 Å². The van der Waals surface area contributed by atoms with E-state index in [1.54, 1.807) is 18.2 Å². The van der Waals surface area contributed by atoms with Gasteiger partial charge in [-0.3, -0.25) is 0 Å². The minimum absolute atomic E-state index is 0.453. The first-order valence-electron chi connectivity index (χ1n) is 6.77. The van der Waals surface area contributed by atoms with Crippen molar-refractivity contribution in [2.24, 2.45) is 0 Å². The summed E-state index contributed by atoms with van der Waals surface area (Å²) in [5.74, 6) is 3.24. The van der Waals surface area contributed by atoms with Gasteiger partial charge in [-0.25, -0.2) is 4.98 Å². The first kappa shape index (κ1) is 14.4. The number of hydrogen-bond donors (Lipinski definition) is 1. The molecule has 1 N–H and O–H groups in total. The lowest BCUT2D eigenvalue weighted by atomic mass is 10.3. The van der Waals surface area contributed by atoms with Gasteiger partial charge in [0.05, 0.1) is 15.6 Å². The maximum absolute atomic E-state index is 6.01. The van der Waals surface area contributed by atoms with E-state index in [0.717, 1.165) is 30.0 Å². The van der Waals surface area contributed by atoms with E-state index < -0.39 is 0 Å². The molecule has 1 aliphatic rings. The number of rotatable bonds is 4. The normalized spacial score (nSPS) is 14.1. The van der Waals surface area contributed by atoms with Crippen molar-refractivity contribution >= 4 is 29.0 Å². The lowest BCUT2D eigenvalue weighted by molar-refractivity contribution is 0.455. The number of nitrogens with zero attached hydrogens (tertiary/aromatic N) is 2. The molecule has 0 saturated heterocycles. The van der Waals surface area contributed by atoms with E-state index in [1.807, 2.05) is 14.0 Å². The molecule has 0 bridgehead atoms. The van der Waals surface area contributed by atoms with Crippen LogP contribution in [0.3, 0.4) is 0 Å². The Labute approximate surface area is 133 Å². The third-order valence-electron chi connectivity index (χ3n) is 3.40. The van der Waals surface area contributed by atoms with Gasteiger partial charge in [0.25, 0.3) is 0 Å². The van der Waals surface area contributed by atoms with E-state index in [9.17, 15) is 0 Å². The largest absolute Gasteiger partial charge is 0.438 e. The molecule has 0 unspecified atom stereocenters. The van der Waals surface area contributed by atoms with Gasteiger partial charge in [0.1, 0.15) is 17.4 Å². The third-order valence-corrected chi connectivity index (χ3v) is 4.14. The Bertz CT molecular complexity index is 687. The smallest absolute Gasteiger partial charge is 0.227 e. The second-order valence-corrected chi connectivity index (χ2v) is 5.88. The molecule has 1 heterocycles. The maximum atomic E-state index is 6.01. The monoisotopic (exact) mass is 323 g/mol. The van der Waals surface area contributed by atoms with Crippen LogP contribution in [0.1, 0.15) is 30.1 Å². The zero-order chi connectivity index (χ0) is 15.0. The van der Waals surface area contributed by atoms with Crippen LogP contribution in [0.5, 0.6) is 11.6 Å². The van der Waals surface area contributed by atoms with E-state index >= 15 is 0 Å². The summed E-state index contributed by atoms with van der Waals surface area (Å²) in [5, 5.41) is 4.04. The summed E-state index contributed by atoms with van der Waals surface area (Å²) in [4.78, 5) is 9.08. The number of ether oxygens (including phenoxy) is 1. The average molecular weight is 324 g/mol. The molecular weight excluding hydrogens is 309 g/mol. The zero-order valence-electron chi connectivity index (χ0n) is 11.8. The summed E-state index contributed by atoms with van der Waals surface area (Å²) in [5.41, 5.74) is 0.868. The van der Waals surface area contributed by atoms with Crippen LogP contribution in [0, 0.1) is 6.92 Å². The first-order chi connectivity index (χ1) is 10.1. The second-order valence-electron chi connectivity index (χ2n) is 5.06. The van der Waals surface area contributed by atoms with E-state index in [2.05, 4.69) is 15.3 Å². The molecule has 1 aromatic carbocycles. The van der Waals surface area contributed by atoms with E-state index in [1.165, 1.54) is 0 Å². The van der Waals surface area contributed by atoms with Crippen LogP contribution in [0.15, 0.2) is 18.2 Å². The summed E-state index contributed by atoms with van der Waals surface area (Å²) in [6.07, 6.45) is 2.27. The van der Waals surface area contributed by atoms with Crippen LogP contribution in [0.4, 0.5) is 5.82 Å². The quantitative estimate of drug-likeness (QED) is 0.877. The third kappa shape index (κ3) is 3.06. The fourth-order valence-corrected chi connectivity index (χ4v) is 2.32.